The lowest BCUT2D eigenvalue weighted by molar-refractivity contribution is 0.318. The largest absolute Gasteiger partial charge is 0.409 e. The SMILES string of the molecule is CCc1nn(C)c(Cl)c1/C(N)=N\O. The highest BCUT2D eigenvalue weighted by atomic mass is 35.5. The van der Waals surface area contributed by atoms with Crippen LogP contribution in [0.1, 0.15) is 18.2 Å². The van der Waals surface area contributed by atoms with Crippen LogP contribution < -0.4 is 5.73 Å². The van der Waals surface area contributed by atoms with Crippen molar-refractivity contribution in [3.8, 4) is 0 Å². The van der Waals surface area contributed by atoms with Crippen molar-refractivity contribution in [1.82, 2.24) is 9.78 Å². The van der Waals surface area contributed by atoms with Crippen LogP contribution >= 0.6 is 11.6 Å². The second kappa shape index (κ2) is 3.66. The van der Waals surface area contributed by atoms with E-state index in [-0.39, 0.29) is 5.84 Å². The number of oxime groups is 1. The summed E-state index contributed by atoms with van der Waals surface area (Å²) in [6.45, 7) is 1.92. The van der Waals surface area contributed by atoms with Gasteiger partial charge in [-0.25, -0.2) is 0 Å². The van der Waals surface area contributed by atoms with Crippen LogP contribution in [0.25, 0.3) is 0 Å². The number of aryl methyl sites for hydroxylation is 2. The summed E-state index contributed by atoms with van der Waals surface area (Å²) >= 11 is 5.89. The van der Waals surface area contributed by atoms with E-state index in [0.29, 0.717) is 17.1 Å². The molecule has 6 heteroatoms. The molecule has 1 heterocycles. The number of nitrogens with two attached hydrogens (primary N) is 1. The highest BCUT2D eigenvalue weighted by Gasteiger charge is 2.16. The topological polar surface area (TPSA) is 76.4 Å². The van der Waals surface area contributed by atoms with Crippen LogP contribution in [-0.4, -0.2) is 20.8 Å². The van der Waals surface area contributed by atoms with Gasteiger partial charge >= 0.3 is 0 Å². The Labute approximate surface area is 80.8 Å². The lowest BCUT2D eigenvalue weighted by Gasteiger charge is -1.97. The molecule has 0 saturated heterocycles. The fraction of sp³-hybridized carbons (Fsp3) is 0.429. The first-order valence-corrected chi connectivity index (χ1v) is 4.18. The van der Waals surface area contributed by atoms with Crippen molar-refractivity contribution in [1.29, 1.82) is 0 Å². The Kier molecular flexibility index (Phi) is 2.77. The molecule has 72 valence electrons. The molecule has 5 nitrogen and oxygen atoms in total. The van der Waals surface area contributed by atoms with Gasteiger partial charge in [-0.15, -0.1) is 0 Å². The van der Waals surface area contributed by atoms with Crippen molar-refractivity contribution in [2.24, 2.45) is 17.9 Å². The number of halogens is 1. The van der Waals surface area contributed by atoms with E-state index in [9.17, 15) is 0 Å². The molecule has 0 aliphatic rings. The van der Waals surface area contributed by atoms with Gasteiger partial charge in [-0.2, -0.15) is 5.10 Å². The average molecular weight is 203 g/mol. The molecule has 0 aliphatic heterocycles. The van der Waals surface area contributed by atoms with Crippen molar-refractivity contribution in [2.75, 3.05) is 0 Å². The maximum atomic E-state index is 8.51. The number of hydrogen-bond acceptors (Lipinski definition) is 3. The summed E-state index contributed by atoms with van der Waals surface area (Å²) < 4.78 is 1.49. The zero-order valence-electron chi connectivity index (χ0n) is 7.45. The molecule has 3 N–H and O–H groups in total. The highest BCUT2D eigenvalue weighted by molar-refractivity contribution is 6.33. The molecule has 1 rings (SSSR count). The van der Waals surface area contributed by atoms with Gasteiger partial charge in [0.1, 0.15) is 5.15 Å². The molecule has 0 unspecified atom stereocenters. The molecule has 0 fully saturated rings. The van der Waals surface area contributed by atoms with Crippen LogP contribution in [0.2, 0.25) is 5.15 Å². The Bertz CT molecular complexity index is 345. The summed E-state index contributed by atoms with van der Waals surface area (Å²) in [5.74, 6) is -0.00468. The van der Waals surface area contributed by atoms with E-state index < -0.39 is 0 Å². The number of hydrogen-bond donors (Lipinski definition) is 2. The maximum absolute atomic E-state index is 8.51. The molecule has 0 aliphatic carbocycles. The lowest BCUT2D eigenvalue weighted by Crippen LogP contribution is -2.14. The molecule has 1 aromatic rings. The minimum Gasteiger partial charge on any atom is -0.409 e. The molecule has 0 bridgehead atoms. The lowest BCUT2D eigenvalue weighted by atomic mass is 10.2. The summed E-state index contributed by atoms with van der Waals surface area (Å²) in [5.41, 5.74) is 6.68. The van der Waals surface area contributed by atoms with Crippen LogP contribution in [0.15, 0.2) is 5.16 Å². The third-order valence-electron chi connectivity index (χ3n) is 1.75. The van der Waals surface area contributed by atoms with Crippen molar-refractivity contribution in [2.45, 2.75) is 13.3 Å². The number of nitrogens with zero attached hydrogens (tertiary/aromatic N) is 3. The quantitative estimate of drug-likeness (QED) is 0.321. The van der Waals surface area contributed by atoms with Crippen molar-refractivity contribution < 1.29 is 5.21 Å². The zero-order chi connectivity index (χ0) is 10.0. The minimum atomic E-state index is -0.00468. The molecule has 0 atom stereocenters. The fourth-order valence-electron chi connectivity index (χ4n) is 1.11. The summed E-state index contributed by atoms with van der Waals surface area (Å²) in [6.07, 6.45) is 0.687. The highest BCUT2D eigenvalue weighted by Crippen LogP contribution is 2.19. The van der Waals surface area contributed by atoms with Gasteiger partial charge in [0, 0.05) is 7.05 Å². The summed E-state index contributed by atoms with van der Waals surface area (Å²) in [7, 11) is 1.70. The molecule has 0 aromatic carbocycles. The van der Waals surface area contributed by atoms with Crippen LogP contribution in [0.3, 0.4) is 0 Å². The molecule has 0 spiro atoms. The molecule has 1 aromatic heterocycles. The van der Waals surface area contributed by atoms with Crippen molar-refractivity contribution >= 4 is 17.4 Å². The molecular formula is C7H11ClN4O. The normalized spacial score (nSPS) is 12.1. The Morgan fingerprint density at radius 3 is 2.85 bits per heavy atom. The maximum Gasteiger partial charge on any atom is 0.175 e. The van der Waals surface area contributed by atoms with Gasteiger partial charge in [0.2, 0.25) is 0 Å². The van der Waals surface area contributed by atoms with Crippen molar-refractivity contribution in [3.63, 3.8) is 0 Å². The van der Waals surface area contributed by atoms with Gasteiger partial charge in [-0.3, -0.25) is 4.68 Å². The van der Waals surface area contributed by atoms with Crippen LogP contribution in [0.4, 0.5) is 0 Å². The molecular weight excluding hydrogens is 192 g/mol. The third kappa shape index (κ3) is 1.60. The number of rotatable bonds is 2. The van der Waals surface area contributed by atoms with Crippen LogP contribution in [0, 0.1) is 0 Å². The second-order valence-corrected chi connectivity index (χ2v) is 2.93. The predicted octanol–water partition coefficient (Wildman–Crippen LogP) is 0.730. The molecule has 13 heavy (non-hydrogen) atoms. The van der Waals surface area contributed by atoms with E-state index in [1.807, 2.05) is 6.92 Å². The third-order valence-corrected chi connectivity index (χ3v) is 2.18. The van der Waals surface area contributed by atoms with Crippen LogP contribution in [-0.2, 0) is 13.5 Å². The van der Waals surface area contributed by atoms with E-state index >= 15 is 0 Å². The predicted molar refractivity (Wildman–Crippen MR) is 50.1 cm³/mol. The van der Waals surface area contributed by atoms with Gasteiger partial charge in [0.15, 0.2) is 5.84 Å². The van der Waals surface area contributed by atoms with E-state index in [4.69, 9.17) is 22.5 Å². The second-order valence-electron chi connectivity index (χ2n) is 2.57. The van der Waals surface area contributed by atoms with E-state index in [1.165, 1.54) is 4.68 Å². The number of amidine groups is 1. The standard InChI is InChI=1S/C7H11ClN4O/c1-3-4-5(7(9)11-13)6(8)12(2)10-4/h13H,3H2,1-2H3,(H2,9,11). The van der Waals surface area contributed by atoms with Crippen molar-refractivity contribution in [3.05, 3.63) is 16.4 Å². The van der Waals surface area contributed by atoms with Gasteiger partial charge in [-0.05, 0) is 6.42 Å². The first kappa shape index (κ1) is 9.85. The first-order chi connectivity index (χ1) is 6.11. The Hall–Kier alpha value is -1.23. The Morgan fingerprint density at radius 2 is 2.38 bits per heavy atom. The zero-order valence-corrected chi connectivity index (χ0v) is 8.21. The fourth-order valence-corrected chi connectivity index (χ4v) is 1.35. The van der Waals surface area contributed by atoms with Gasteiger partial charge < -0.3 is 10.9 Å². The van der Waals surface area contributed by atoms with Gasteiger partial charge in [0.25, 0.3) is 0 Å². The Morgan fingerprint density at radius 1 is 1.77 bits per heavy atom. The number of aromatic nitrogens is 2. The molecule has 0 saturated carbocycles. The first-order valence-electron chi connectivity index (χ1n) is 3.81. The van der Waals surface area contributed by atoms with E-state index in [0.717, 1.165) is 5.69 Å². The van der Waals surface area contributed by atoms with Crippen LogP contribution in [0.5, 0.6) is 0 Å². The van der Waals surface area contributed by atoms with Gasteiger partial charge in [-0.1, -0.05) is 23.7 Å². The van der Waals surface area contributed by atoms with E-state index in [2.05, 4.69) is 10.3 Å². The summed E-state index contributed by atoms with van der Waals surface area (Å²) in [5, 5.41) is 15.9. The monoisotopic (exact) mass is 202 g/mol. The molecule has 0 radical (unpaired) electrons. The minimum absolute atomic E-state index is 0.00468. The summed E-state index contributed by atoms with van der Waals surface area (Å²) in [4.78, 5) is 0. The van der Waals surface area contributed by atoms with Gasteiger partial charge in [0.05, 0.1) is 11.3 Å². The molecule has 0 amide bonds. The smallest absolute Gasteiger partial charge is 0.175 e. The Balaban J connectivity index is 3.32. The average Bonchev–Trinajstić information content (AvgIpc) is 2.42. The summed E-state index contributed by atoms with van der Waals surface area (Å²) in [6, 6.07) is 0. The van der Waals surface area contributed by atoms with E-state index in [1.54, 1.807) is 7.05 Å².